The Hall–Kier alpha value is -0.510. The largest absolute Gasteiger partial charge is 0.354 e. The summed E-state index contributed by atoms with van der Waals surface area (Å²) in [4.78, 5) is 4.73. The Morgan fingerprint density at radius 2 is 0.972 bits per heavy atom. The molecule has 3 nitrogen and oxygen atoms in total. The van der Waals surface area contributed by atoms with Crippen LogP contribution in [0.1, 0.15) is 142 Å². The Kier molecular flexibility index (Phi) is 32.1. The maximum absolute atomic E-state index is 4.73. The van der Waals surface area contributed by atoms with Crippen LogP contribution in [-0.4, -0.2) is 24.2 Å². The molecule has 0 atom stereocenters. The van der Waals surface area contributed by atoms with Gasteiger partial charge in [-0.15, -0.1) is 24.8 Å². The number of rotatable bonds is 25. The van der Waals surface area contributed by atoms with E-state index in [9.17, 15) is 0 Å². The van der Waals surface area contributed by atoms with E-state index < -0.39 is 0 Å². The van der Waals surface area contributed by atoms with Gasteiger partial charge in [0.25, 0.3) is 0 Å². The summed E-state index contributed by atoms with van der Waals surface area (Å²) in [6.45, 7) is 9.12. The van der Waals surface area contributed by atoms with Crippen molar-refractivity contribution < 1.29 is 0 Å². The number of aromatic nitrogens is 1. The first-order chi connectivity index (χ1) is 16.9. The molecule has 0 spiro atoms. The molecule has 0 unspecified atom stereocenters. The van der Waals surface area contributed by atoms with Crippen molar-refractivity contribution in [1.82, 2.24) is 9.88 Å². The van der Waals surface area contributed by atoms with Gasteiger partial charge in [0, 0.05) is 25.5 Å². The maximum atomic E-state index is 4.73. The van der Waals surface area contributed by atoms with Crippen LogP contribution in [0.15, 0.2) is 29.5 Å². The van der Waals surface area contributed by atoms with Crippen molar-refractivity contribution in [1.29, 1.82) is 0 Å². The lowest BCUT2D eigenvalue weighted by Gasteiger charge is -2.07. The van der Waals surface area contributed by atoms with Crippen molar-refractivity contribution in [3.63, 3.8) is 0 Å². The van der Waals surface area contributed by atoms with E-state index in [0.717, 1.165) is 18.4 Å². The minimum atomic E-state index is 0. The average molecular weight is 547 g/mol. The number of aryl methyl sites for hydroxylation is 1. The molecule has 0 saturated carbocycles. The maximum Gasteiger partial charge on any atom is 0.0603 e. The van der Waals surface area contributed by atoms with Gasteiger partial charge < -0.3 is 9.88 Å². The molecule has 0 aliphatic heterocycles. The smallest absolute Gasteiger partial charge is 0.0603 e. The molecule has 0 aliphatic carbocycles. The summed E-state index contributed by atoms with van der Waals surface area (Å²) in [5.41, 5.74) is 0. The summed E-state index contributed by atoms with van der Waals surface area (Å²) >= 11 is 0. The Morgan fingerprint density at radius 3 is 1.47 bits per heavy atom. The molecule has 0 saturated heterocycles. The van der Waals surface area contributed by atoms with Gasteiger partial charge in [-0.3, -0.25) is 4.99 Å². The third-order valence-electron chi connectivity index (χ3n) is 6.91. The summed E-state index contributed by atoms with van der Waals surface area (Å²) in [6, 6.07) is 4.36. The molecule has 0 fully saturated rings. The highest BCUT2D eigenvalue weighted by Gasteiger charge is 1.95. The number of halogens is 2. The molecule has 1 heterocycles. The van der Waals surface area contributed by atoms with E-state index in [4.69, 9.17) is 4.99 Å². The van der Waals surface area contributed by atoms with Crippen molar-refractivity contribution in [2.24, 2.45) is 4.99 Å². The number of nitrogens with one attached hydrogen (secondary N) is 1. The zero-order valence-corrected chi connectivity index (χ0v) is 25.6. The highest BCUT2D eigenvalue weighted by molar-refractivity contribution is 5.85. The van der Waals surface area contributed by atoms with Gasteiger partial charge in [0.2, 0.25) is 0 Å². The van der Waals surface area contributed by atoms with Crippen molar-refractivity contribution in [2.75, 3.05) is 19.6 Å². The van der Waals surface area contributed by atoms with Crippen LogP contribution in [0.2, 0.25) is 0 Å². The van der Waals surface area contributed by atoms with Crippen LogP contribution >= 0.6 is 24.8 Å². The van der Waals surface area contributed by atoms with Crippen molar-refractivity contribution >= 4 is 24.8 Å². The summed E-state index contributed by atoms with van der Waals surface area (Å²) in [5.74, 6) is 0. The number of unbranched alkanes of at least 4 members (excludes halogenated alkanes) is 17. The van der Waals surface area contributed by atoms with Crippen LogP contribution < -0.4 is 10.7 Å². The standard InChI is InChI=1S/C31H59N3.2ClH/c1-3-5-7-9-15-19-25-32-26-20-16-13-11-12-14-18-22-28-34-29-23-31(24-30-34)33-27-21-17-10-8-6-4-2;;/h23-24,29-30,32H,3-22,25-28H2,1-2H3;2*1H. The predicted octanol–water partition coefficient (Wildman–Crippen LogP) is 9.66. The first-order valence-electron chi connectivity index (χ1n) is 15.2. The molecule has 0 aliphatic rings. The molecule has 214 valence electrons. The highest BCUT2D eigenvalue weighted by Crippen LogP contribution is 2.09. The fraction of sp³-hybridized carbons (Fsp3) is 0.839. The van der Waals surface area contributed by atoms with Crippen LogP contribution in [-0.2, 0) is 6.54 Å². The molecular weight excluding hydrogens is 485 g/mol. The van der Waals surface area contributed by atoms with Gasteiger partial charge in [0.05, 0.1) is 5.36 Å². The van der Waals surface area contributed by atoms with Crippen LogP contribution in [0.25, 0.3) is 0 Å². The van der Waals surface area contributed by atoms with Crippen molar-refractivity contribution in [2.45, 2.75) is 149 Å². The molecule has 36 heavy (non-hydrogen) atoms. The summed E-state index contributed by atoms with van der Waals surface area (Å²) in [6.07, 6.45) is 31.9. The van der Waals surface area contributed by atoms with Gasteiger partial charge in [-0.1, -0.05) is 117 Å². The first kappa shape index (κ1) is 37.6. The zero-order chi connectivity index (χ0) is 24.4. The second kappa shape index (κ2) is 30.7. The average Bonchev–Trinajstić information content (AvgIpc) is 2.86. The topological polar surface area (TPSA) is 29.3 Å². The Morgan fingerprint density at radius 1 is 0.556 bits per heavy atom. The van der Waals surface area contributed by atoms with E-state index in [1.54, 1.807) is 0 Å². The number of nitrogens with zero attached hydrogens (tertiary/aromatic N) is 2. The molecule has 0 amide bonds. The van der Waals surface area contributed by atoms with Gasteiger partial charge in [-0.05, 0) is 50.9 Å². The minimum Gasteiger partial charge on any atom is -0.354 e. The highest BCUT2D eigenvalue weighted by atomic mass is 35.5. The monoisotopic (exact) mass is 545 g/mol. The molecular formula is C31H61Cl2N3. The van der Waals surface area contributed by atoms with Crippen LogP contribution in [0, 0.1) is 0 Å². The van der Waals surface area contributed by atoms with E-state index in [1.165, 1.54) is 142 Å². The molecule has 0 bridgehead atoms. The van der Waals surface area contributed by atoms with E-state index >= 15 is 0 Å². The quantitative estimate of drug-likeness (QED) is 0.122. The fourth-order valence-electron chi connectivity index (χ4n) is 4.56. The SMILES string of the molecule is CCCCCCCCN=c1ccn(CCCCCCCCCCNCCCCCCCC)cc1.Cl.Cl. The minimum absolute atomic E-state index is 0. The molecule has 1 rings (SSSR count). The van der Waals surface area contributed by atoms with Crippen LogP contribution in [0.3, 0.4) is 0 Å². The lowest BCUT2D eigenvalue weighted by molar-refractivity contribution is 0.524. The van der Waals surface area contributed by atoms with E-state index in [1.807, 2.05) is 0 Å². The molecule has 1 N–H and O–H groups in total. The molecule has 5 heteroatoms. The predicted molar refractivity (Wildman–Crippen MR) is 166 cm³/mol. The zero-order valence-electron chi connectivity index (χ0n) is 24.0. The van der Waals surface area contributed by atoms with Gasteiger partial charge in [-0.25, -0.2) is 0 Å². The van der Waals surface area contributed by atoms with Crippen molar-refractivity contribution in [3.05, 3.63) is 29.9 Å². The van der Waals surface area contributed by atoms with Gasteiger partial charge in [0.1, 0.15) is 0 Å². The van der Waals surface area contributed by atoms with Gasteiger partial charge in [0.15, 0.2) is 0 Å². The third kappa shape index (κ3) is 25.2. The normalized spacial score (nSPS) is 10.6. The lowest BCUT2D eigenvalue weighted by Crippen LogP contribution is -2.16. The molecule has 1 aromatic rings. The van der Waals surface area contributed by atoms with E-state index in [0.29, 0.717) is 0 Å². The van der Waals surface area contributed by atoms with Gasteiger partial charge in [-0.2, -0.15) is 0 Å². The Labute approximate surface area is 237 Å². The van der Waals surface area contributed by atoms with Crippen LogP contribution in [0.5, 0.6) is 0 Å². The Bertz CT molecular complexity index is 583. The lowest BCUT2D eigenvalue weighted by atomic mass is 10.1. The molecule has 1 aromatic heterocycles. The third-order valence-corrected chi connectivity index (χ3v) is 6.91. The first-order valence-corrected chi connectivity index (χ1v) is 15.2. The molecule has 0 aromatic carbocycles. The summed E-state index contributed by atoms with van der Waals surface area (Å²) in [5, 5.41) is 4.77. The Balaban J connectivity index is 0. The number of hydrogen-bond donors (Lipinski definition) is 1. The van der Waals surface area contributed by atoms with E-state index in [-0.39, 0.29) is 24.8 Å². The second-order valence-corrected chi connectivity index (χ2v) is 10.3. The second-order valence-electron chi connectivity index (χ2n) is 10.3. The number of pyridine rings is 1. The summed E-state index contributed by atoms with van der Waals surface area (Å²) < 4.78 is 2.32. The molecule has 0 radical (unpaired) electrons. The van der Waals surface area contributed by atoms with Crippen molar-refractivity contribution in [3.8, 4) is 0 Å². The van der Waals surface area contributed by atoms with E-state index in [2.05, 4.69) is 48.3 Å². The van der Waals surface area contributed by atoms with Crippen LogP contribution in [0.4, 0.5) is 0 Å². The summed E-state index contributed by atoms with van der Waals surface area (Å²) in [7, 11) is 0. The fourth-order valence-corrected chi connectivity index (χ4v) is 4.56. The van der Waals surface area contributed by atoms with Gasteiger partial charge >= 0.3 is 0 Å². The number of hydrogen-bond acceptors (Lipinski definition) is 2.